The number of carbonyl (C=O) groups excluding carboxylic acids is 1. The van der Waals surface area contributed by atoms with Crippen LogP contribution in [-0.2, 0) is 20.7 Å². The van der Waals surface area contributed by atoms with Crippen molar-refractivity contribution < 1.29 is 37.0 Å². The molecule has 7 nitrogen and oxygen atoms in total. The lowest BCUT2D eigenvalue weighted by Gasteiger charge is -2.43. The fraction of sp³-hybridized carbons (Fsp3) is 0.562. The SMILES string of the molecule is C.Cc1cc(F)c(C[C@@H](C(=O)O)N2CCN(C(=O)[C@@H]3CN(C4CCOCC4)C[C@H]3c3ccc(F)cc3F)[C@@H](C)C2)c(F)c1. The van der Waals surface area contributed by atoms with Crippen LogP contribution in [-0.4, -0.2) is 95.7 Å². The van der Waals surface area contributed by atoms with Crippen molar-refractivity contribution in [3.8, 4) is 0 Å². The molecule has 0 saturated carbocycles. The van der Waals surface area contributed by atoms with Gasteiger partial charge in [-0.1, -0.05) is 13.5 Å². The third-order valence-electron chi connectivity index (χ3n) is 9.09. The van der Waals surface area contributed by atoms with Gasteiger partial charge in [-0.25, -0.2) is 17.6 Å². The second-order valence-electron chi connectivity index (χ2n) is 11.8. The van der Waals surface area contributed by atoms with Gasteiger partial charge in [-0.15, -0.1) is 0 Å². The van der Waals surface area contributed by atoms with Crippen LogP contribution >= 0.6 is 0 Å². The molecule has 3 aliphatic rings. The summed E-state index contributed by atoms with van der Waals surface area (Å²) in [6.07, 6.45) is 1.28. The number of nitrogens with zero attached hydrogens (tertiary/aromatic N) is 3. The van der Waals surface area contributed by atoms with E-state index >= 15 is 0 Å². The number of carboxylic acid groups (broad SMARTS) is 1. The van der Waals surface area contributed by atoms with Crippen LogP contribution in [0.4, 0.5) is 17.6 Å². The van der Waals surface area contributed by atoms with E-state index in [1.54, 1.807) is 16.7 Å². The van der Waals surface area contributed by atoms with Gasteiger partial charge < -0.3 is 14.7 Å². The van der Waals surface area contributed by atoms with Crippen LogP contribution in [0.15, 0.2) is 30.3 Å². The van der Waals surface area contributed by atoms with Gasteiger partial charge in [0.2, 0.25) is 5.91 Å². The number of piperazine rings is 1. The van der Waals surface area contributed by atoms with E-state index in [0.29, 0.717) is 37.4 Å². The number of ether oxygens (including phenoxy) is 1. The molecule has 2 aromatic rings. The molecular formula is C32H41F4N3O4. The van der Waals surface area contributed by atoms with Crippen LogP contribution in [0.1, 0.15) is 49.8 Å². The maximum atomic E-state index is 15.0. The average molecular weight is 608 g/mol. The number of hydrogen-bond donors (Lipinski definition) is 1. The molecule has 0 aliphatic carbocycles. The van der Waals surface area contributed by atoms with Gasteiger partial charge >= 0.3 is 5.97 Å². The van der Waals surface area contributed by atoms with Crippen LogP contribution in [0.5, 0.6) is 0 Å². The molecule has 2 aromatic carbocycles. The molecule has 3 fully saturated rings. The highest BCUT2D eigenvalue weighted by atomic mass is 19.1. The highest BCUT2D eigenvalue weighted by Crippen LogP contribution is 2.38. The third kappa shape index (κ3) is 7.05. The zero-order valence-corrected chi connectivity index (χ0v) is 23.9. The Hall–Kier alpha value is -3.02. The first-order valence-corrected chi connectivity index (χ1v) is 14.5. The van der Waals surface area contributed by atoms with Gasteiger partial charge in [-0.2, -0.15) is 0 Å². The summed E-state index contributed by atoms with van der Waals surface area (Å²) in [5.41, 5.74) is 0.439. The van der Waals surface area contributed by atoms with Gasteiger partial charge in [0.05, 0.1) is 5.92 Å². The van der Waals surface area contributed by atoms with Crippen molar-refractivity contribution in [3.63, 3.8) is 0 Å². The number of aliphatic carboxylic acids is 1. The van der Waals surface area contributed by atoms with E-state index in [-0.39, 0.29) is 51.0 Å². The van der Waals surface area contributed by atoms with Crippen molar-refractivity contribution in [2.45, 2.75) is 64.6 Å². The van der Waals surface area contributed by atoms with Crippen molar-refractivity contribution in [1.82, 2.24) is 14.7 Å². The van der Waals surface area contributed by atoms with Crippen LogP contribution in [0.25, 0.3) is 0 Å². The molecule has 1 amide bonds. The smallest absolute Gasteiger partial charge is 0.321 e. The minimum atomic E-state index is -1.20. The molecule has 4 atom stereocenters. The standard InChI is InChI=1S/C31H37F4N3O4.CH4/c1-18-11-26(33)23(27(34)12-18)14-29(31(40)41)36-7-8-38(19(2)15-36)30(39)25-17-37(21-5-9-42-10-6-21)16-24(25)22-4-3-20(32)13-28(22)35;/h3-4,11-13,19,21,24-25,29H,5-10,14-17H2,1-2H3,(H,40,41);1H4/t19-,24-,25+,29-;/m0./s1. The first-order valence-electron chi connectivity index (χ1n) is 14.5. The first kappa shape index (κ1) is 32.9. The van der Waals surface area contributed by atoms with Crippen molar-refractivity contribution >= 4 is 11.9 Å². The molecular weight excluding hydrogens is 566 g/mol. The maximum Gasteiger partial charge on any atom is 0.321 e. The predicted molar refractivity (Wildman–Crippen MR) is 154 cm³/mol. The molecule has 236 valence electrons. The molecule has 0 radical (unpaired) electrons. The average Bonchev–Trinajstić information content (AvgIpc) is 3.38. The minimum Gasteiger partial charge on any atom is -0.480 e. The predicted octanol–water partition coefficient (Wildman–Crippen LogP) is 4.61. The monoisotopic (exact) mass is 607 g/mol. The lowest BCUT2D eigenvalue weighted by molar-refractivity contribution is -0.147. The van der Waals surface area contributed by atoms with E-state index in [2.05, 4.69) is 4.90 Å². The Bertz CT molecular complexity index is 1300. The van der Waals surface area contributed by atoms with Crippen molar-refractivity contribution in [3.05, 3.63) is 70.3 Å². The number of hydrogen-bond acceptors (Lipinski definition) is 5. The summed E-state index contributed by atoms with van der Waals surface area (Å²) in [5.74, 6) is -5.31. The van der Waals surface area contributed by atoms with E-state index in [9.17, 15) is 32.3 Å². The summed E-state index contributed by atoms with van der Waals surface area (Å²) in [7, 11) is 0. The summed E-state index contributed by atoms with van der Waals surface area (Å²) < 4.78 is 63.3. The van der Waals surface area contributed by atoms with Crippen LogP contribution in [0.2, 0.25) is 0 Å². The number of aryl methyl sites for hydroxylation is 1. The second-order valence-corrected chi connectivity index (χ2v) is 11.8. The summed E-state index contributed by atoms with van der Waals surface area (Å²) >= 11 is 0. The number of halogens is 4. The van der Waals surface area contributed by atoms with E-state index in [4.69, 9.17) is 4.74 Å². The van der Waals surface area contributed by atoms with Gasteiger partial charge in [0.25, 0.3) is 0 Å². The minimum absolute atomic E-state index is 0. The van der Waals surface area contributed by atoms with Crippen LogP contribution in [0.3, 0.4) is 0 Å². The van der Waals surface area contributed by atoms with Gasteiger partial charge in [-0.3, -0.25) is 19.4 Å². The number of likely N-dealkylation sites (tertiary alicyclic amines) is 1. The summed E-state index contributed by atoms with van der Waals surface area (Å²) in [4.78, 5) is 31.9. The summed E-state index contributed by atoms with van der Waals surface area (Å²) in [5, 5.41) is 9.97. The number of amides is 1. The lowest BCUT2D eigenvalue weighted by Crippen LogP contribution is -2.59. The zero-order valence-electron chi connectivity index (χ0n) is 23.9. The van der Waals surface area contributed by atoms with Crippen LogP contribution in [0, 0.1) is 36.1 Å². The summed E-state index contributed by atoms with van der Waals surface area (Å²) in [6.45, 7) is 6.13. The fourth-order valence-electron chi connectivity index (χ4n) is 6.85. The Morgan fingerprint density at radius 2 is 1.65 bits per heavy atom. The Morgan fingerprint density at radius 1 is 0.977 bits per heavy atom. The Labute approximate surface area is 250 Å². The molecule has 5 rings (SSSR count). The van der Waals surface area contributed by atoms with Gasteiger partial charge in [0.1, 0.15) is 29.3 Å². The topological polar surface area (TPSA) is 73.3 Å². The molecule has 43 heavy (non-hydrogen) atoms. The normalized spacial score (nSPS) is 24.5. The molecule has 1 N–H and O–H groups in total. The molecule has 0 unspecified atom stereocenters. The Morgan fingerprint density at radius 3 is 2.26 bits per heavy atom. The first-order chi connectivity index (χ1) is 20.0. The Balaban J connectivity index is 0.00000423. The zero-order chi connectivity index (χ0) is 30.1. The number of carbonyl (C=O) groups is 2. The van der Waals surface area contributed by atoms with Gasteiger partial charge in [-0.05, 0) is 56.0 Å². The largest absolute Gasteiger partial charge is 0.480 e. The molecule has 0 spiro atoms. The van der Waals surface area contributed by atoms with Crippen LogP contribution < -0.4 is 0 Å². The highest BCUT2D eigenvalue weighted by Gasteiger charge is 2.45. The highest BCUT2D eigenvalue weighted by molar-refractivity contribution is 5.81. The molecule has 3 aliphatic heterocycles. The quantitative estimate of drug-likeness (QED) is 0.464. The van der Waals surface area contributed by atoms with Crippen molar-refractivity contribution in [2.75, 3.05) is 45.9 Å². The molecule has 3 heterocycles. The Kier molecular flexibility index (Phi) is 10.5. The molecule has 0 bridgehead atoms. The fourth-order valence-corrected chi connectivity index (χ4v) is 6.85. The van der Waals surface area contributed by atoms with Crippen molar-refractivity contribution in [1.29, 1.82) is 0 Å². The van der Waals surface area contributed by atoms with E-state index in [1.807, 2.05) is 6.92 Å². The number of rotatable bonds is 7. The van der Waals surface area contributed by atoms with Gasteiger partial charge in [0.15, 0.2) is 0 Å². The van der Waals surface area contributed by atoms with Gasteiger partial charge in [0, 0.05) is 82.0 Å². The third-order valence-corrected chi connectivity index (χ3v) is 9.09. The lowest BCUT2D eigenvalue weighted by atomic mass is 9.87. The van der Waals surface area contributed by atoms with E-state index in [1.165, 1.54) is 24.3 Å². The molecule has 0 aromatic heterocycles. The molecule has 3 saturated heterocycles. The maximum absolute atomic E-state index is 15.0. The van der Waals surface area contributed by atoms with Crippen molar-refractivity contribution in [2.24, 2.45) is 5.92 Å². The van der Waals surface area contributed by atoms with E-state index in [0.717, 1.165) is 18.9 Å². The number of carboxylic acids is 1. The molecule has 11 heteroatoms. The second kappa shape index (κ2) is 13.7. The van der Waals surface area contributed by atoms with E-state index < -0.39 is 53.2 Å². The summed E-state index contributed by atoms with van der Waals surface area (Å²) in [6, 6.07) is 4.49. The number of benzene rings is 2.